The standard InChI is InChI=1S/C13H24O11/c1-21-10-5(3-15)22-12(20)11(9(10)19)24-13-8(18)7(17)6(16)4(2-14)23-13/h4-20H,2-3H2,1H3/t4-,5-,6-,7+,8+,9+,10-,11+,12-,13+/m1/s1. The van der Waals surface area contributed by atoms with E-state index in [4.69, 9.17) is 24.1 Å². The average Bonchev–Trinajstić information content (AvgIpc) is 2.57. The van der Waals surface area contributed by atoms with Gasteiger partial charge in [0.2, 0.25) is 0 Å². The van der Waals surface area contributed by atoms with Gasteiger partial charge < -0.3 is 54.7 Å². The van der Waals surface area contributed by atoms with Gasteiger partial charge in [0.05, 0.1) is 13.2 Å². The molecule has 2 fully saturated rings. The molecule has 0 aliphatic carbocycles. The Morgan fingerprint density at radius 1 is 0.750 bits per heavy atom. The van der Waals surface area contributed by atoms with E-state index in [1.165, 1.54) is 7.11 Å². The Morgan fingerprint density at radius 3 is 1.92 bits per heavy atom. The van der Waals surface area contributed by atoms with Crippen molar-refractivity contribution in [2.24, 2.45) is 0 Å². The molecule has 2 heterocycles. The summed E-state index contributed by atoms with van der Waals surface area (Å²) >= 11 is 0. The van der Waals surface area contributed by atoms with Gasteiger partial charge in [-0.05, 0) is 0 Å². The van der Waals surface area contributed by atoms with Crippen LogP contribution in [0, 0.1) is 0 Å². The third-order valence-electron chi connectivity index (χ3n) is 4.23. The van der Waals surface area contributed by atoms with Gasteiger partial charge >= 0.3 is 0 Å². The second-order valence-corrected chi connectivity index (χ2v) is 5.74. The summed E-state index contributed by atoms with van der Waals surface area (Å²) in [5.74, 6) is 0. The molecule has 2 aliphatic rings. The number of ether oxygens (including phenoxy) is 4. The Bertz CT molecular complexity index is 394. The first-order valence-electron chi connectivity index (χ1n) is 7.46. The summed E-state index contributed by atoms with van der Waals surface area (Å²) in [5.41, 5.74) is 0. The molecule has 142 valence electrons. The first-order valence-corrected chi connectivity index (χ1v) is 7.46. The van der Waals surface area contributed by atoms with Crippen LogP contribution in [0.2, 0.25) is 0 Å². The zero-order valence-corrected chi connectivity index (χ0v) is 13.0. The Labute approximate surface area is 137 Å². The van der Waals surface area contributed by atoms with Crippen molar-refractivity contribution in [3.8, 4) is 0 Å². The van der Waals surface area contributed by atoms with Gasteiger partial charge in [0, 0.05) is 7.11 Å². The van der Waals surface area contributed by atoms with Gasteiger partial charge in [0.25, 0.3) is 0 Å². The van der Waals surface area contributed by atoms with Crippen molar-refractivity contribution in [2.45, 2.75) is 61.4 Å². The maximum Gasteiger partial charge on any atom is 0.187 e. The van der Waals surface area contributed by atoms with Gasteiger partial charge in [0.1, 0.15) is 48.8 Å². The SMILES string of the molecule is CO[C@H]1[C@H](O)[C@H](O[C@@H]2O[C@H](CO)[C@@H](O)[C@H](O)[C@@H]2O)[C@H](O)O[C@@H]1CO. The van der Waals surface area contributed by atoms with Crippen LogP contribution < -0.4 is 0 Å². The van der Waals surface area contributed by atoms with Gasteiger partial charge in [-0.15, -0.1) is 0 Å². The largest absolute Gasteiger partial charge is 0.394 e. The Kier molecular flexibility index (Phi) is 6.87. The summed E-state index contributed by atoms with van der Waals surface area (Å²) < 4.78 is 20.6. The van der Waals surface area contributed by atoms with E-state index >= 15 is 0 Å². The molecule has 0 bridgehead atoms. The third kappa shape index (κ3) is 3.71. The zero-order chi connectivity index (χ0) is 18.0. The summed E-state index contributed by atoms with van der Waals surface area (Å²) in [4.78, 5) is 0. The summed E-state index contributed by atoms with van der Waals surface area (Å²) in [5, 5.41) is 67.9. The highest BCUT2D eigenvalue weighted by atomic mass is 16.7. The van der Waals surface area contributed by atoms with E-state index in [0.717, 1.165) is 0 Å². The fourth-order valence-electron chi connectivity index (χ4n) is 2.83. The van der Waals surface area contributed by atoms with Gasteiger partial charge in [-0.2, -0.15) is 0 Å². The molecule has 0 spiro atoms. The summed E-state index contributed by atoms with van der Waals surface area (Å²) in [6.07, 6.45) is -14.2. The molecule has 0 aromatic heterocycles. The molecule has 2 saturated heterocycles. The maximum atomic E-state index is 10.3. The molecule has 0 amide bonds. The molecule has 0 aromatic rings. The lowest BCUT2D eigenvalue weighted by molar-refractivity contribution is -0.363. The molecule has 0 unspecified atom stereocenters. The van der Waals surface area contributed by atoms with Crippen LogP contribution in [0.15, 0.2) is 0 Å². The molecular formula is C13H24O11. The Morgan fingerprint density at radius 2 is 1.38 bits per heavy atom. The second-order valence-electron chi connectivity index (χ2n) is 5.74. The van der Waals surface area contributed by atoms with E-state index < -0.39 is 74.6 Å². The van der Waals surface area contributed by atoms with Gasteiger partial charge in [-0.3, -0.25) is 0 Å². The predicted octanol–water partition coefficient (Wildman–Crippen LogP) is -4.74. The Balaban J connectivity index is 2.10. The maximum absolute atomic E-state index is 10.3. The van der Waals surface area contributed by atoms with Gasteiger partial charge in [-0.1, -0.05) is 0 Å². The third-order valence-corrected chi connectivity index (χ3v) is 4.23. The van der Waals surface area contributed by atoms with Crippen molar-refractivity contribution in [1.82, 2.24) is 0 Å². The molecule has 7 N–H and O–H groups in total. The van der Waals surface area contributed by atoms with Crippen molar-refractivity contribution >= 4 is 0 Å². The Hall–Kier alpha value is -0.440. The van der Waals surface area contributed by atoms with Crippen LogP contribution in [0.25, 0.3) is 0 Å². The topological polar surface area (TPSA) is 179 Å². The zero-order valence-electron chi connectivity index (χ0n) is 13.0. The minimum atomic E-state index is -1.70. The van der Waals surface area contributed by atoms with Gasteiger partial charge in [-0.25, -0.2) is 0 Å². The van der Waals surface area contributed by atoms with Crippen LogP contribution >= 0.6 is 0 Å². The van der Waals surface area contributed by atoms with Gasteiger partial charge in [0.15, 0.2) is 12.6 Å². The highest BCUT2D eigenvalue weighted by molar-refractivity contribution is 4.93. The second kappa shape index (κ2) is 8.29. The minimum absolute atomic E-state index is 0.514. The number of hydrogen-bond donors (Lipinski definition) is 7. The normalized spacial score (nSPS) is 50.0. The molecule has 0 radical (unpaired) electrons. The molecular weight excluding hydrogens is 332 g/mol. The first kappa shape index (κ1) is 19.9. The number of rotatable bonds is 5. The smallest absolute Gasteiger partial charge is 0.187 e. The molecule has 24 heavy (non-hydrogen) atoms. The quantitative estimate of drug-likeness (QED) is 0.251. The van der Waals surface area contributed by atoms with Crippen LogP contribution in [0.4, 0.5) is 0 Å². The van der Waals surface area contributed by atoms with E-state index in [1.807, 2.05) is 0 Å². The van der Waals surface area contributed by atoms with E-state index in [1.54, 1.807) is 0 Å². The van der Waals surface area contributed by atoms with Crippen LogP contribution in [-0.2, 0) is 18.9 Å². The van der Waals surface area contributed by atoms with E-state index in [9.17, 15) is 30.6 Å². The van der Waals surface area contributed by atoms with Crippen molar-refractivity contribution in [2.75, 3.05) is 20.3 Å². The van der Waals surface area contributed by atoms with Crippen LogP contribution in [-0.4, -0.2) is 117 Å². The fraction of sp³-hybridized carbons (Fsp3) is 1.00. The molecule has 10 atom stereocenters. The predicted molar refractivity (Wildman–Crippen MR) is 73.4 cm³/mol. The van der Waals surface area contributed by atoms with Crippen LogP contribution in [0.3, 0.4) is 0 Å². The average molecular weight is 356 g/mol. The monoisotopic (exact) mass is 356 g/mol. The number of methoxy groups -OCH3 is 1. The minimum Gasteiger partial charge on any atom is -0.394 e. The van der Waals surface area contributed by atoms with Crippen molar-refractivity contribution in [1.29, 1.82) is 0 Å². The van der Waals surface area contributed by atoms with Crippen LogP contribution in [0.1, 0.15) is 0 Å². The highest BCUT2D eigenvalue weighted by Crippen LogP contribution is 2.29. The first-order chi connectivity index (χ1) is 11.3. The molecule has 11 heteroatoms. The summed E-state index contributed by atoms with van der Waals surface area (Å²) in [6.45, 7) is -1.16. The highest BCUT2D eigenvalue weighted by Gasteiger charge is 2.50. The molecule has 2 rings (SSSR count). The fourth-order valence-corrected chi connectivity index (χ4v) is 2.83. The molecule has 0 aromatic carbocycles. The van der Waals surface area contributed by atoms with Crippen molar-refractivity contribution in [3.05, 3.63) is 0 Å². The van der Waals surface area contributed by atoms with Crippen LogP contribution in [0.5, 0.6) is 0 Å². The molecule has 0 saturated carbocycles. The molecule has 11 nitrogen and oxygen atoms in total. The molecule has 2 aliphatic heterocycles. The number of aliphatic hydroxyl groups excluding tert-OH is 7. The van der Waals surface area contributed by atoms with Crippen molar-refractivity contribution < 1.29 is 54.7 Å². The lowest BCUT2D eigenvalue weighted by Gasteiger charge is -2.45. The lowest BCUT2D eigenvalue weighted by atomic mass is 9.97. The van der Waals surface area contributed by atoms with E-state index in [2.05, 4.69) is 0 Å². The lowest BCUT2D eigenvalue weighted by Crippen LogP contribution is -2.64. The summed E-state index contributed by atoms with van der Waals surface area (Å²) in [6, 6.07) is 0. The summed E-state index contributed by atoms with van der Waals surface area (Å²) in [7, 11) is 1.27. The number of aliphatic hydroxyl groups is 7. The van der Waals surface area contributed by atoms with Crippen molar-refractivity contribution in [3.63, 3.8) is 0 Å². The van der Waals surface area contributed by atoms with E-state index in [0.29, 0.717) is 0 Å². The van der Waals surface area contributed by atoms with E-state index in [-0.39, 0.29) is 0 Å². The number of hydrogen-bond acceptors (Lipinski definition) is 11.